The largest absolute Gasteiger partial charge is 0.825 e. The van der Waals surface area contributed by atoms with Gasteiger partial charge in [0.25, 0.3) is 0 Å². The normalized spacial score (nSPS) is 48.2. The third-order valence-corrected chi connectivity index (χ3v) is 1.91. The van der Waals surface area contributed by atoms with Crippen LogP contribution in [0.1, 0.15) is 0 Å². The molecule has 1 saturated heterocycles. The van der Waals surface area contributed by atoms with Gasteiger partial charge in [-0.3, -0.25) is 0 Å². The van der Waals surface area contributed by atoms with E-state index in [1.807, 2.05) is 0 Å². The SMILES string of the molecule is [O-]C1(CO)OC(CO)C(O)C1O. The van der Waals surface area contributed by atoms with E-state index in [4.69, 9.17) is 20.4 Å². The monoisotopic (exact) mass is 179 g/mol. The standard InChI is InChI=1S/C6H11O6/c7-1-3-4(9)5(10)6(11,2-8)12-3/h3-5,7-10H,1-2H2/q-1. The average Bonchev–Trinajstić information content (AvgIpc) is 2.31. The molecular weight excluding hydrogens is 168 g/mol. The van der Waals surface area contributed by atoms with Gasteiger partial charge in [0.2, 0.25) is 0 Å². The lowest BCUT2D eigenvalue weighted by molar-refractivity contribution is -0.568. The molecule has 4 N–H and O–H groups in total. The van der Waals surface area contributed by atoms with Crippen molar-refractivity contribution in [2.24, 2.45) is 0 Å². The smallest absolute Gasteiger partial charge is 0.110 e. The summed E-state index contributed by atoms with van der Waals surface area (Å²) in [4.78, 5) is 0. The Hall–Kier alpha value is -0.240. The minimum Gasteiger partial charge on any atom is -0.825 e. The summed E-state index contributed by atoms with van der Waals surface area (Å²) in [5, 5.41) is 46.4. The molecule has 6 nitrogen and oxygen atoms in total. The van der Waals surface area contributed by atoms with E-state index in [2.05, 4.69) is 4.74 Å². The van der Waals surface area contributed by atoms with Crippen LogP contribution in [0.15, 0.2) is 0 Å². The number of hydrogen-bond acceptors (Lipinski definition) is 6. The molecular formula is C6H11O6-. The zero-order chi connectivity index (χ0) is 9.35. The molecule has 12 heavy (non-hydrogen) atoms. The van der Waals surface area contributed by atoms with Crippen molar-refractivity contribution in [3.63, 3.8) is 0 Å². The number of aliphatic hydroxyl groups is 4. The molecule has 4 atom stereocenters. The van der Waals surface area contributed by atoms with E-state index >= 15 is 0 Å². The van der Waals surface area contributed by atoms with E-state index in [0.29, 0.717) is 0 Å². The topological polar surface area (TPSA) is 113 Å². The molecule has 0 aromatic carbocycles. The van der Waals surface area contributed by atoms with E-state index in [1.165, 1.54) is 0 Å². The Morgan fingerprint density at radius 1 is 1.33 bits per heavy atom. The van der Waals surface area contributed by atoms with E-state index in [-0.39, 0.29) is 0 Å². The fourth-order valence-corrected chi connectivity index (χ4v) is 1.14. The number of aliphatic hydroxyl groups excluding tert-OH is 4. The van der Waals surface area contributed by atoms with Gasteiger partial charge in [0.1, 0.15) is 12.2 Å². The second kappa shape index (κ2) is 3.25. The Morgan fingerprint density at radius 3 is 2.17 bits per heavy atom. The lowest BCUT2D eigenvalue weighted by atomic mass is 10.1. The first-order valence-corrected chi connectivity index (χ1v) is 3.51. The molecule has 1 heterocycles. The molecule has 1 rings (SSSR count). The highest BCUT2D eigenvalue weighted by Gasteiger charge is 2.45. The van der Waals surface area contributed by atoms with Crippen LogP contribution >= 0.6 is 0 Å². The first-order chi connectivity index (χ1) is 5.55. The van der Waals surface area contributed by atoms with Crippen LogP contribution in [-0.4, -0.2) is 57.7 Å². The highest BCUT2D eigenvalue weighted by Crippen LogP contribution is 2.25. The fraction of sp³-hybridized carbons (Fsp3) is 1.00. The minimum absolute atomic E-state index is 0.567. The summed E-state index contributed by atoms with van der Waals surface area (Å²) < 4.78 is 4.52. The van der Waals surface area contributed by atoms with Crippen molar-refractivity contribution in [1.82, 2.24) is 0 Å². The van der Waals surface area contributed by atoms with Gasteiger partial charge in [-0.1, -0.05) is 0 Å². The Balaban J connectivity index is 2.72. The van der Waals surface area contributed by atoms with E-state index in [1.54, 1.807) is 0 Å². The van der Waals surface area contributed by atoms with Crippen LogP contribution < -0.4 is 5.11 Å². The van der Waals surface area contributed by atoms with Crippen molar-refractivity contribution in [2.75, 3.05) is 13.2 Å². The third-order valence-electron chi connectivity index (χ3n) is 1.91. The van der Waals surface area contributed by atoms with Crippen LogP contribution in [0.5, 0.6) is 0 Å². The Labute approximate surface area is 68.6 Å². The molecule has 4 unspecified atom stereocenters. The summed E-state index contributed by atoms with van der Waals surface area (Å²) in [5.74, 6) is -2.41. The second-order valence-corrected chi connectivity index (χ2v) is 2.74. The second-order valence-electron chi connectivity index (χ2n) is 2.74. The molecule has 1 aliphatic heterocycles. The highest BCUT2D eigenvalue weighted by molar-refractivity contribution is 4.93. The fourth-order valence-electron chi connectivity index (χ4n) is 1.14. The summed E-state index contributed by atoms with van der Waals surface area (Å²) >= 11 is 0. The van der Waals surface area contributed by atoms with Crippen LogP contribution in [0.3, 0.4) is 0 Å². The predicted molar refractivity (Wildman–Crippen MR) is 33.8 cm³/mol. The Bertz CT molecular complexity index is 162. The molecule has 0 bridgehead atoms. The Kier molecular flexibility index (Phi) is 2.67. The molecule has 0 aromatic heterocycles. The lowest BCUT2D eigenvalue weighted by Crippen LogP contribution is -2.56. The molecule has 1 fully saturated rings. The molecule has 72 valence electrons. The van der Waals surface area contributed by atoms with Gasteiger partial charge in [0.15, 0.2) is 0 Å². The summed E-state index contributed by atoms with van der Waals surface area (Å²) in [5.41, 5.74) is 0. The van der Waals surface area contributed by atoms with E-state index in [9.17, 15) is 5.11 Å². The van der Waals surface area contributed by atoms with Crippen molar-refractivity contribution < 1.29 is 30.3 Å². The summed E-state index contributed by atoms with van der Waals surface area (Å²) in [6.07, 6.45) is -4.27. The molecule has 0 spiro atoms. The van der Waals surface area contributed by atoms with Crippen LogP contribution in [0.2, 0.25) is 0 Å². The number of rotatable bonds is 2. The first-order valence-electron chi connectivity index (χ1n) is 3.51. The van der Waals surface area contributed by atoms with Gasteiger partial charge in [-0.25, -0.2) is 0 Å². The summed E-state index contributed by atoms with van der Waals surface area (Å²) in [6, 6.07) is 0. The van der Waals surface area contributed by atoms with Crippen LogP contribution in [-0.2, 0) is 4.74 Å². The maximum Gasteiger partial charge on any atom is 0.110 e. The first kappa shape index (κ1) is 9.85. The van der Waals surface area contributed by atoms with Gasteiger partial charge in [0, 0.05) is 5.79 Å². The summed E-state index contributed by atoms with van der Waals surface area (Å²) in [7, 11) is 0. The quantitative estimate of drug-likeness (QED) is 0.345. The molecule has 0 radical (unpaired) electrons. The van der Waals surface area contributed by atoms with Crippen molar-refractivity contribution in [1.29, 1.82) is 0 Å². The van der Waals surface area contributed by atoms with Gasteiger partial charge in [-0.2, -0.15) is 0 Å². The van der Waals surface area contributed by atoms with E-state index < -0.39 is 37.3 Å². The zero-order valence-electron chi connectivity index (χ0n) is 6.25. The summed E-state index contributed by atoms with van der Waals surface area (Å²) in [6.45, 7) is -1.51. The molecule has 6 heteroatoms. The van der Waals surface area contributed by atoms with Crippen molar-refractivity contribution in [3.8, 4) is 0 Å². The van der Waals surface area contributed by atoms with Crippen molar-refractivity contribution >= 4 is 0 Å². The average molecular weight is 179 g/mol. The zero-order valence-corrected chi connectivity index (χ0v) is 6.25. The maximum absolute atomic E-state index is 11.2. The number of ether oxygens (including phenoxy) is 1. The van der Waals surface area contributed by atoms with Gasteiger partial charge < -0.3 is 30.3 Å². The van der Waals surface area contributed by atoms with Crippen LogP contribution in [0, 0.1) is 0 Å². The van der Waals surface area contributed by atoms with Gasteiger partial charge in [0.05, 0.1) is 19.3 Å². The number of hydrogen-bond donors (Lipinski definition) is 4. The van der Waals surface area contributed by atoms with Crippen LogP contribution in [0.25, 0.3) is 0 Å². The highest BCUT2D eigenvalue weighted by atomic mass is 16.7. The Morgan fingerprint density at radius 2 is 1.92 bits per heavy atom. The minimum atomic E-state index is -2.41. The molecule has 0 aromatic rings. The lowest BCUT2D eigenvalue weighted by Gasteiger charge is -2.36. The predicted octanol–water partition coefficient (Wildman–Crippen LogP) is -3.85. The van der Waals surface area contributed by atoms with Crippen LogP contribution in [0.4, 0.5) is 0 Å². The maximum atomic E-state index is 11.2. The molecule has 0 amide bonds. The van der Waals surface area contributed by atoms with Crippen molar-refractivity contribution in [2.45, 2.75) is 24.1 Å². The molecule has 1 aliphatic rings. The van der Waals surface area contributed by atoms with Gasteiger partial charge in [-0.05, 0) is 0 Å². The molecule has 0 aliphatic carbocycles. The van der Waals surface area contributed by atoms with Gasteiger partial charge >= 0.3 is 0 Å². The van der Waals surface area contributed by atoms with Gasteiger partial charge in [-0.15, -0.1) is 0 Å². The van der Waals surface area contributed by atoms with Crippen molar-refractivity contribution in [3.05, 3.63) is 0 Å². The molecule has 0 saturated carbocycles. The third kappa shape index (κ3) is 1.33. The van der Waals surface area contributed by atoms with E-state index in [0.717, 1.165) is 0 Å².